The van der Waals surface area contributed by atoms with Crippen LogP contribution in [0.3, 0.4) is 0 Å². The van der Waals surface area contributed by atoms with Crippen molar-refractivity contribution in [1.29, 1.82) is 0 Å². The Balaban J connectivity index is 1.67. The normalized spacial score (nSPS) is 15.1. The molecular formula is C22H22FNO4. The van der Waals surface area contributed by atoms with Gasteiger partial charge in [0.1, 0.15) is 5.82 Å². The average Bonchev–Trinajstić information content (AvgIpc) is 3.17. The second-order valence-corrected chi connectivity index (χ2v) is 7.03. The highest BCUT2D eigenvalue weighted by atomic mass is 19.1. The maximum Gasteiger partial charge on any atom is 0.317 e. The maximum absolute atomic E-state index is 14.3. The summed E-state index contributed by atoms with van der Waals surface area (Å²) in [5, 5.41) is 2.60. The highest BCUT2D eigenvalue weighted by Gasteiger charge is 2.45. The third-order valence-corrected chi connectivity index (χ3v) is 5.12. The number of benzene rings is 2. The zero-order valence-electron chi connectivity index (χ0n) is 15.7. The number of carbonyl (C=O) groups is 3. The fraction of sp³-hybridized carbons (Fsp3) is 0.318. The summed E-state index contributed by atoms with van der Waals surface area (Å²) in [5.41, 5.74) is 0.199. The van der Waals surface area contributed by atoms with Crippen molar-refractivity contribution >= 4 is 23.3 Å². The molecule has 1 N–H and O–H groups in total. The van der Waals surface area contributed by atoms with Crippen LogP contribution in [0.4, 0.5) is 10.1 Å². The van der Waals surface area contributed by atoms with Gasteiger partial charge in [-0.2, -0.15) is 0 Å². The number of rotatable bonds is 6. The first-order valence-electron chi connectivity index (χ1n) is 9.25. The summed E-state index contributed by atoms with van der Waals surface area (Å²) < 4.78 is 19.6. The molecule has 1 amide bonds. The van der Waals surface area contributed by atoms with Gasteiger partial charge in [-0.25, -0.2) is 4.39 Å². The molecule has 0 saturated heterocycles. The van der Waals surface area contributed by atoms with E-state index in [4.69, 9.17) is 4.74 Å². The van der Waals surface area contributed by atoms with Gasteiger partial charge in [-0.3, -0.25) is 14.4 Å². The topological polar surface area (TPSA) is 72.5 Å². The monoisotopic (exact) mass is 383 g/mol. The zero-order chi connectivity index (χ0) is 20.1. The van der Waals surface area contributed by atoms with E-state index in [0.717, 1.165) is 12.8 Å². The van der Waals surface area contributed by atoms with Crippen LogP contribution in [0.25, 0.3) is 0 Å². The number of ketones is 1. The molecule has 1 aliphatic rings. The van der Waals surface area contributed by atoms with Crippen LogP contribution in [0.5, 0.6) is 0 Å². The second-order valence-electron chi connectivity index (χ2n) is 7.03. The molecule has 0 radical (unpaired) electrons. The fourth-order valence-electron chi connectivity index (χ4n) is 3.69. The molecule has 0 aliphatic heterocycles. The van der Waals surface area contributed by atoms with Gasteiger partial charge in [0.2, 0.25) is 0 Å². The minimum atomic E-state index is -1.04. The van der Waals surface area contributed by atoms with Crippen molar-refractivity contribution in [3.8, 4) is 0 Å². The number of nitrogens with one attached hydrogen (secondary N) is 1. The highest BCUT2D eigenvalue weighted by molar-refractivity contribution is 5.98. The van der Waals surface area contributed by atoms with Crippen molar-refractivity contribution in [1.82, 2.24) is 0 Å². The molecule has 2 aromatic carbocycles. The summed E-state index contributed by atoms with van der Waals surface area (Å²) in [6.07, 6.45) is 2.59. The van der Waals surface area contributed by atoms with Crippen molar-refractivity contribution < 1.29 is 23.5 Å². The number of hydrogen-bond acceptors (Lipinski definition) is 4. The largest absolute Gasteiger partial charge is 0.455 e. The Morgan fingerprint density at radius 1 is 1.07 bits per heavy atom. The lowest BCUT2D eigenvalue weighted by Gasteiger charge is -2.27. The van der Waals surface area contributed by atoms with Gasteiger partial charge in [-0.15, -0.1) is 0 Å². The molecule has 0 heterocycles. The van der Waals surface area contributed by atoms with Gasteiger partial charge in [0.05, 0.1) is 5.41 Å². The average molecular weight is 383 g/mol. The van der Waals surface area contributed by atoms with Crippen LogP contribution in [0.15, 0.2) is 48.5 Å². The molecule has 1 saturated carbocycles. The van der Waals surface area contributed by atoms with Gasteiger partial charge >= 0.3 is 5.97 Å². The van der Waals surface area contributed by atoms with E-state index in [1.165, 1.54) is 13.0 Å². The second kappa shape index (κ2) is 8.33. The van der Waals surface area contributed by atoms with Crippen LogP contribution in [0, 0.1) is 5.82 Å². The predicted octanol–water partition coefficient (Wildman–Crippen LogP) is 4.02. The number of anilines is 1. The SMILES string of the molecule is CC(=O)c1cccc(NC(=O)COC(=O)C2(c3ccccc3F)CCCC2)c1. The summed E-state index contributed by atoms with van der Waals surface area (Å²) in [7, 11) is 0. The quantitative estimate of drug-likeness (QED) is 0.604. The first kappa shape index (κ1) is 19.7. The lowest BCUT2D eigenvalue weighted by Crippen LogP contribution is -2.37. The fourth-order valence-corrected chi connectivity index (χ4v) is 3.69. The first-order chi connectivity index (χ1) is 13.4. The van der Waals surface area contributed by atoms with Crippen molar-refractivity contribution in [2.24, 2.45) is 0 Å². The minimum absolute atomic E-state index is 0.115. The summed E-state index contributed by atoms with van der Waals surface area (Å²) in [6, 6.07) is 12.7. The van der Waals surface area contributed by atoms with E-state index >= 15 is 0 Å². The van der Waals surface area contributed by atoms with Crippen molar-refractivity contribution in [3.05, 3.63) is 65.5 Å². The van der Waals surface area contributed by atoms with E-state index in [1.807, 2.05) is 0 Å². The van der Waals surface area contributed by atoms with Crippen molar-refractivity contribution in [3.63, 3.8) is 0 Å². The Morgan fingerprint density at radius 2 is 1.79 bits per heavy atom. The number of ether oxygens (including phenoxy) is 1. The number of esters is 1. The highest BCUT2D eigenvalue weighted by Crippen LogP contribution is 2.43. The Bertz CT molecular complexity index is 903. The van der Waals surface area contributed by atoms with E-state index in [1.54, 1.807) is 42.5 Å². The lowest BCUT2D eigenvalue weighted by molar-refractivity contribution is -0.153. The Kier molecular flexibility index (Phi) is 5.87. The Hall–Kier alpha value is -3.02. The van der Waals surface area contributed by atoms with Gasteiger partial charge in [-0.05, 0) is 38.0 Å². The summed E-state index contributed by atoms with van der Waals surface area (Å²) in [4.78, 5) is 36.4. The molecule has 1 fully saturated rings. The molecule has 0 spiro atoms. The van der Waals surface area contributed by atoms with Gasteiger partial charge < -0.3 is 10.1 Å². The third kappa shape index (κ3) is 4.11. The molecule has 2 aromatic rings. The van der Waals surface area contributed by atoms with Gasteiger partial charge in [0, 0.05) is 16.8 Å². The molecule has 146 valence electrons. The van der Waals surface area contributed by atoms with Crippen molar-refractivity contribution in [2.75, 3.05) is 11.9 Å². The molecule has 0 bridgehead atoms. The number of carbonyl (C=O) groups excluding carboxylic acids is 3. The maximum atomic E-state index is 14.3. The summed E-state index contributed by atoms with van der Waals surface area (Å²) in [6.45, 7) is 0.964. The molecule has 28 heavy (non-hydrogen) atoms. The molecular weight excluding hydrogens is 361 g/mol. The first-order valence-corrected chi connectivity index (χ1v) is 9.25. The van der Waals surface area contributed by atoms with Gasteiger partial charge in [0.25, 0.3) is 5.91 Å². The molecule has 0 unspecified atom stereocenters. The molecule has 0 atom stereocenters. The summed E-state index contributed by atoms with van der Waals surface area (Å²) in [5.74, 6) is -1.65. The van der Waals surface area contributed by atoms with E-state index in [-0.39, 0.29) is 5.78 Å². The number of hydrogen-bond donors (Lipinski definition) is 1. The number of halogens is 1. The van der Waals surface area contributed by atoms with Crippen LogP contribution in [-0.4, -0.2) is 24.3 Å². The number of amides is 1. The third-order valence-electron chi connectivity index (χ3n) is 5.12. The van der Waals surface area contributed by atoms with Crippen LogP contribution in [0.2, 0.25) is 0 Å². The Labute approximate surface area is 162 Å². The zero-order valence-corrected chi connectivity index (χ0v) is 15.7. The van der Waals surface area contributed by atoms with E-state index in [9.17, 15) is 18.8 Å². The standard InChI is InChI=1S/C22H22FNO4/c1-15(25)16-7-6-8-17(13-16)24-20(26)14-28-21(27)22(11-4-5-12-22)18-9-2-3-10-19(18)23/h2-3,6-10,13H,4-5,11-12,14H2,1H3,(H,24,26). The van der Waals surface area contributed by atoms with Crippen LogP contribution in [0.1, 0.15) is 48.5 Å². The molecule has 5 nitrogen and oxygen atoms in total. The number of Topliss-reactive ketones (excluding diaryl/α,β-unsaturated/α-hetero) is 1. The Morgan fingerprint density at radius 3 is 2.46 bits per heavy atom. The van der Waals surface area contributed by atoms with Crippen molar-refractivity contribution in [2.45, 2.75) is 38.0 Å². The van der Waals surface area contributed by atoms with E-state index < -0.39 is 29.7 Å². The van der Waals surface area contributed by atoms with E-state index in [0.29, 0.717) is 29.7 Å². The van der Waals surface area contributed by atoms with E-state index in [2.05, 4.69) is 5.32 Å². The van der Waals surface area contributed by atoms with Gasteiger partial charge in [0.15, 0.2) is 12.4 Å². The smallest absolute Gasteiger partial charge is 0.317 e. The van der Waals surface area contributed by atoms with Crippen LogP contribution < -0.4 is 5.32 Å². The van der Waals surface area contributed by atoms with Gasteiger partial charge in [-0.1, -0.05) is 43.2 Å². The molecule has 3 rings (SSSR count). The predicted molar refractivity (Wildman–Crippen MR) is 103 cm³/mol. The minimum Gasteiger partial charge on any atom is -0.455 e. The molecule has 0 aromatic heterocycles. The molecule has 1 aliphatic carbocycles. The van der Waals surface area contributed by atoms with Crippen LogP contribution in [-0.2, 0) is 19.7 Å². The summed E-state index contributed by atoms with van der Waals surface area (Å²) >= 11 is 0. The lowest BCUT2D eigenvalue weighted by atomic mass is 9.78. The molecule has 6 heteroatoms. The van der Waals surface area contributed by atoms with Crippen LogP contribution >= 0.6 is 0 Å².